The average molecular weight is 218 g/mol. The molecule has 0 saturated carbocycles. The monoisotopic (exact) mass is 218 g/mol. The summed E-state index contributed by atoms with van der Waals surface area (Å²) >= 11 is 1.38. The maximum Gasteiger partial charge on any atom is 0.196 e. The number of Topliss-reactive ketones (excluding diaryl/α,β-unsaturated/α-hetero) is 1. The lowest BCUT2D eigenvalue weighted by atomic mass is 10.1. The van der Waals surface area contributed by atoms with E-state index in [0.717, 1.165) is 0 Å². The molecule has 0 unspecified atom stereocenters. The van der Waals surface area contributed by atoms with Crippen LogP contribution in [0.2, 0.25) is 0 Å². The number of aliphatic hydroxyl groups is 1. The van der Waals surface area contributed by atoms with Crippen LogP contribution in [0.25, 0.3) is 0 Å². The fraction of sp³-hybridized carbons (Fsp3) is 0.0833. The molecule has 0 bridgehead atoms. The third-order valence-corrected chi connectivity index (χ3v) is 3.04. The number of carbonyl (C=O) groups excluding carboxylic acids is 1. The van der Waals surface area contributed by atoms with Crippen LogP contribution in [0, 0.1) is 0 Å². The lowest BCUT2D eigenvalue weighted by molar-refractivity contribution is 0.0753. The molecule has 2 rings (SSSR count). The molecule has 1 aromatic carbocycles. The van der Waals surface area contributed by atoms with Crippen molar-refractivity contribution < 1.29 is 9.90 Å². The van der Waals surface area contributed by atoms with Gasteiger partial charge in [0.15, 0.2) is 11.9 Å². The van der Waals surface area contributed by atoms with E-state index in [0.29, 0.717) is 10.4 Å². The van der Waals surface area contributed by atoms with Crippen LogP contribution in [0.4, 0.5) is 0 Å². The third-order valence-electron chi connectivity index (χ3n) is 2.12. The Morgan fingerprint density at radius 1 is 1.13 bits per heavy atom. The lowest BCUT2D eigenvalue weighted by Crippen LogP contribution is -2.10. The van der Waals surface area contributed by atoms with Crippen molar-refractivity contribution in [1.82, 2.24) is 0 Å². The molecule has 0 amide bonds. The van der Waals surface area contributed by atoms with Gasteiger partial charge in [0.1, 0.15) is 0 Å². The standard InChI is InChI=1S/C12H10O2S/c13-11(9-5-2-1-3-6-9)12(14)10-7-4-8-15-10/h1-8,12,14H/t12-/m1/s1. The second-order valence-corrected chi connectivity index (χ2v) is 4.13. The van der Waals surface area contributed by atoms with Crippen molar-refractivity contribution in [3.05, 3.63) is 58.3 Å². The maximum absolute atomic E-state index is 11.8. The fourth-order valence-corrected chi connectivity index (χ4v) is 2.04. The van der Waals surface area contributed by atoms with E-state index in [9.17, 15) is 9.90 Å². The molecule has 15 heavy (non-hydrogen) atoms. The van der Waals surface area contributed by atoms with Gasteiger partial charge in [0.05, 0.1) is 0 Å². The number of aliphatic hydroxyl groups excluding tert-OH is 1. The molecule has 0 aliphatic carbocycles. The van der Waals surface area contributed by atoms with Gasteiger partial charge in [0, 0.05) is 10.4 Å². The van der Waals surface area contributed by atoms with E-state index in [1.807, 2.05) is 17.5 Å². The van der Waals surface area contributed by atoms with Crippen molar-refractivity contribution in [1.29, 1.82) is 0 Å². The van der Waals surface area contributed by atoms with Crippen LogP contribution in [0.15, 0.2) is 47.8 Å². The molecule has 76 valence electrons. The molecule has 1 atom stereocenters. The molecule has 0 fully saturated rings. The summed E-state index contributed by atoms with van der Waals surface area (Å²) in [6.07, 6.45) is -1.03. The van der Waals surface area contributed by atoms with Gasteiger partial charge in [-0.05, 0) is 11.4 Å². The molecule has 1 N–H and O–H groups in total. The van der Waals surface area contributed by atoms with Crippen LogP contribution in [0.3, 0.4) is 0 Å². The highest BCUT2D eigenvalue weighted by molar-refractivity contribution is 7.10. The molecule has 0 radical (unpaired) electrons. The normalized spacial score (nSPS) is 12.3. The van der Waals surface area contributed by atoms with Gasteiger partial charge in [-0.1, -0.05) is 36.4 Å². The highest BCUT2D eigenvalue weighted by Crippen LogP contribution is 2.22. The number of rotatable bonds is 3. The molecule has 3 heteroatoms. The molecular formula is C12H10O2S. The second kappa shape index (κ2) is 4.38. The van der Waals surface area contributed by atoms with Crippen LogP contribution in [0.5, 0.6) is 0 Å². The number of thiophene rings is 1. The van der Waals surface area contributed by atoms with Gasteiger partial charge in [-0.2, -0.15) is 0 Å². The molecule has 0 spiro atoms. The zero-order valence-electron chi connectivity index (χ0n) is 7.96. The predicted molar refractivity (Wildman–Crippen MR) is 60.1 cm³/mol. The van der Waals surface area contributed by atoms with Crippen LogP contribution in [0.1, 0.15) is 21.3 Å². The van der Waals surface area contributed by atoms with E-state index in [2.05, 4.69) is 0 Å². The second-order valence-electron chi connectivity index (χ2n) is 3.15. The van der Waals surface area contributed by atoms with Gasteiger partial charge in [-0.25, -0.2) is 0 Å². The summed E-state index contributed by atoms with van der Waals surface area (Å²) < 4.78 is 0. The molecule has 1 heterocycles. The van der Waals surface area contributed by atoms with Crippen molar-refractivity contribution in [2.24, 2.45) is 0 Å². The minimum atomic E-state index is -1.03. The van der Waals surface area contributed by atoms with Crippen LogP contribution >= 0.6 is 11.3 Å². The summed E-state index contributed by atoms with van der Waals surface area (Å²) in [7, 11) is 0. The SMILES string of the molecule is O=C(c1ccccc1)[C@H](O)c1cccs1. The van der Waals surface area contributed by atoms with Gasteiger partial charge < -0.3 is 5.11 Å². The molecule has 1 aromatic heterocycles. The van der Waals surface area contributed by atoms with Crippen molar-refractivity contribution in [3.8, 4) is 0 Å². The Morgan fingerprint density at radius 2 is 1.87 bits per heavy atom. The first-order chi connectivity index (χ1) is 7.29. The Hall–Kier alpha value is -1.45. The van der Waals surface area contributed by atoms with Gasteiger partial charge in [-0.15, -0.1) is 11.3 Å². The summed E-state index contributed by atoms with van der Waals surface area (Å²) in [6.45, 7) is 0. The average Bonchev–Trinajstić information content (AvgIpc) is 2.82. The highest BCUT2D eigenvalue weighted by atomic mass is 32.1. The summed E-state index contributed by atoms with van der Waals surface area (Å²) in [6, 6.07) is 12.4. The quantitative estimate of drug-likeness (QED) is 0.804. The Labute approximate surface area is 91.8 Å². The zero-order chi connectivity index (χ0) is 10.7. The summed E-state index contributed by atoms with van der Waals surface area (Å²) in [4.78, 5) is 12.5. The Morgan fingerprint density at radius 3 is 2.47 bits per heavy atom. The van der Waals surface area contributed by atoms with Crippen molar-refractivity contribution >= 4 is 17.1 Å². The first-order valence-corrected chi connectivity index (χ1v) is 5.48. The predicted octanol–water partition coefficient (Wildman–Crippen LogP) is 2.66. The number of hydrogen-bond acceptors (Lipinski definition) is 3. The van der Waals surface area contributed by atoms with E-state index in [1.54, 1.807) is 30.3 Å². The number of benzene rings is 1. The number of ketones is 1. The van der Waals surface area contributed by atoms with Crippen molar-refractivity contribution in [2.75, 3.05) is 0 Å². The van der Waals surface area contributed by atoms with E-state index in [4.69, 9.17) is 0 Å². The Kier molecular flexibility index (Phi) is 2.94. The first kappa shape index (κ1) is 10.1. The third kappa shape index (κ3) is 2.14. The van der Waals surface area contributed by atoms with E-state index >= 15 is 0 Å². The van der Waals surface area contributed by atoms with E-state index in [-0.39, 0.29) is 5.78 Å². The topological polar surface area (TPSA) is 37.3 Å². The summed E-state index contributed by atoms with van der Waals surface area (Å²) in [5.74, 6) is -0.252. The fourth-order valence-electron chi connectivity index (χ4n) is 1.34. The number of carbonyl (C=O) groups is 1. The van der Waals surface area contributed by atoms with Crippen LogP contribution in [-0.2, 0) is 0 Å². The van der Waals surface area contributed by atoms with E-state index in [1.165, 1.54) is 11.3 Å². The Balaban J connectivity index is 2.23. The van der Waals surface area contributed by atoms with Gasteiger partial charge in [0.25, 0.3) is 0 Å². The maximum atomic E-state index is 11.8. The smallest absolute Gasteiger partial charge is 0.196 e. The molecule has 2 aromatic rings. The number of hydrogen-bond donors (Lipinski definition) is 1. The minimum Gasteiger partial charge on any atom is -0.379 e. The lowest BCUT2D eigenvalue weighted by Gasteiger charge is -2.06. The van der Waals surface area contributed by atoms with Gasteiger partial charge >= 0.3 is 0 Å². The summed E-state index contributed by atoms with van der Waals surface area (Å²) in [5.41, 5.74) is 0.540. The van der Waals surface area contributed by atoms with Crippen LogP contribution < -0.4 is 0 Å². The molecule has 2 nitrogen and oxygen atoms in total. The highest BCUT2D eigenvalue weighted by Gasteiger charge is 2.19. The molecule has 0 aliphatic rings. The summed E-state index contributed by atoms with van der Waals surface area (Å²) in [5, 5.41) is 11.6. The molecular weight excluding hydrogens is 208 g/mol. The molecule has 0 aliphatic heterocycles. The zero-order valence-corrected chi connectivity index (χ0v) is 8.78. The van der Waals surface area contributed by atoms with Crippen molar-refractivity contribution in [2.45, 2.75) is 6.10 Å². The largest absolute Gasteiger partial charge is 0.379 e. The minimum absolute atomic E-state index is 0.252. The van der Waals surface area contributed by atoms with Crippen LogP contribution in [-0.4, -0.2) is 10.9 Å². The van der Waals surface area contributed by atoms with Crippen molar-refractivity contribution in [3.63, 3.8) is 0 Å². The van der Waals surface area contributed by atoms with Gasteiger partial charge in [0.2, 0.25) is 0 Å². The van der Waals surface area contributed by atoms with Gasteiger partial charge in [-0.3, -0.25) is 4.79 Å². The first-order valence-electron chi connectivity index (χ1n) is 4.60. The van der Waals surface area contributed by atoms with E-state index < -0.39 is 6.10 Å². The Bertz CT molecular complexity index is 434. The molecule has 0 saturated heterocycles.